The average molecular weight is 341 g/mol. The van der Waals surface area contributed by atoms with Crippen LogP contribution in [0.4, 0.5) is 0 Å². The zero-order chi connectivity index (χ0) is 17.8. The number of aromatic nitrogens is 2. The highest BCUT2D eigenvalue weighted by atomic mass is 15.1. The summed E-state index contributed by atoms with van der Waals surface area (Å²) in [6, 6.07) is 15.5. The molecule has 130 valence electrons. The number of hydrogen-bond donors (Lipinski definition) is 0. The first-order valence-electron chi connectivity index (χ1n) is 9.29. The molecule has 3 heterocycles. The number of pyridine rings is 1. The molecule has 1 aliphatic rings. The fraction of sp³-hybridized carbons (Fsp3) is 0.261. The van der Waals surface area contributed by atoms with Crippen LogP contribution in [0.3, 0.4) is 0 Å². The van der Waals surface area contributed by atoms with Crippen LogP contribution >= 0.6 is 0 Å². The monoisotopic (exact) mass is 341 g/mol. The van der Waals surface area contributed by atoms with Gasteiger partial charge in [-0.1, -0.05) is 17.7 Å². The number of rotatable bonds is 1. The number of benzene rings is 2. The van der Waals surface area contributed by atoms with Gasteiger partial charge in [-0.3, -0.25) is 4.98 Å². The fourth-order valence-electron chi connectivity index (χ4n) is 4.48. The summed E-state index contributed by atoms with van der Waals surface area (Å²) in [5, 5.41) is 2.61. The van der Waals surface area contributed by atoms with E-state index in [1.165, 1.54) is 44.4 Å². The minimum atomic E-state index is 1.02. The van der Waals surface area contributed by atoms with E-state index in [9.17, 15) is 0 Å². The predicted molar refractivity (Wildman–Crippen MR) is 108 cm³/mol. The summed E-state index contributed by atoms with van der Waals surface area (Å²) >= 11 is 0. The van der Waals surface area contributed by atoms with Crippen molar-refractivity contribution in [2.75, 3.05) is 13.6 Å². The van der Waals surface area contributed by atoms with Crippen molar-refractivity contribution in [1.29, 1.82) is 0 Å². The molecule has 1 aliphatic heterocycles. The molecule has 0 N–H and O–H groups in total. The van der Waals surface area contributed by atoms with Crippen molar-refractivity contribution in [3.05, 3.63) is 71.0 Å². The van der Waals surface area contributed by atoms with Gasteiger partial charge in [0.15, 0.2) is 0 Å². The fourth-order valence-corrected chi connectivity index (χ4v) is 4.48. The van der Waals surface area contributed by atoms with Gasteiger partial charge < -0.3 is 9.47 Å². The van der Waals surface area contributed by atoms with Gasteiger partial charge in [0, 0.05) is 47.9 Å². The maximum absolute atomic E-state index is 4.48. The molecule has 4 aromatic rings. The zero-order valence-corrected chi connectivity index (χ0v) is 15.6. The highest BCUT2D eigenvalue weighted by Crippen LogP contribution is 2.36. The van der Waals surface area contributed by atoms with Gasteiger partial charge in [0.05, 0.1) is 11.0 Å². The summed E-state index contributed by atoms with van der Waals surface area (Å²) in [6.07, 6.45) is 2.95. The number of aryl methyl sites for hydroxylation is 2. The standard InChI is InChI=1S/C23H23N3/c1-15-11-16(2)23-19(12-15)20-14-25(3)10-8-22(20)26(23)18-6-7-21-17(13-18)5-4-9-24-21/h4-7,9,11-13H,8,10,14H2,1-3H3. The van der Waals surface area contributed by atoms with Crippen molar-refractivity contribution >= 4 is 21.8 Å². The summed E-state index contributed by atoms with van der Waals surface area (Å²) in [5.41, 5.74) is 9.30. The van der Waals surface area contributed by atoms with Crippen LogP contribution in [-0.4, -0.2) is 28.0 Å². The van der Waals surface area contributed by atoms with E-state index in [-0.39, 0.29) is 0 Å². The Kier molecular flexibility index (Phi) is 3.41. The quantitative estimate of drug-likeness (QED) is 0.497. The summed E-state index contributed by atoms with van der Waals surface area (Å²) in [5.74, 6) is 0. The molecule has 0 radical (unpaired) electrons. The number of nitrogens with zero attached hydrogens (tertiary/aromatic N) is 3. The highest BCUT2D eigenvalue weighted by Gasteiger charge is 2.24. The predicted octanol–water partition coefficient (Wildman–Crippen LogP) is 4.78. The smallest absolute Gasteiger partial charge is 0.0703 e. The largest absolute Gasteiger partial charge is 0.313 e. The van der Waals surface area contributed by atoms with Crippen LogP contribution in [0.25, 0.3) is 27.5 Å². The molecule has 0 aliphatic carbocycles. The van der Waals surface area contributed by atoms with E-state index in [0.29, 0.717) is 0 Å². The van der Waals surface area contributed by atoms with Crippen LogP contribution in [0.1, 0.15) is 22.4 Å². The van der Waals surface area contributed by atoms with Gasteiger partial charge in [0.1, 0.15) is 0 Å². The van der Waals surface area contributed by atoms with E-state index < -0.39 is 0 Å². The second kappa shape index (κ2) is 5.68. The van der Waals surface area contributed by atoms with Crippen LogP contribution in [0.5, 0.6) is 0 Å². The third-order valence-corrected chi connectivity index (χ3v) is 5.61. The van der Waals surface area contributed by atoms with Gasteiger partial charge in [-0.25, -0.2) is 0 Å². The summed E-state index contributed by atoms with van der Waals surface area (Å²) in [4.78, 5) is 6.90. The molecule has 0 unspecified atom stereocenters. The van der Waals surface area contributed by atoms with Crippen LogP contribution in [0.15, 0.2) is 48.7 Å². The van der Waals surface area contributed by atoms with Gasteiger partial charge in [0.25, 0.3) is 0 Å². The van der Waals surface area contributed by atoms with Crippen LogP contribution in [0.2, 0.25) is 0 Å². The molecule has 5 rings (SSSR count). The van der Waals surface area contributed by atoms with Crippen LogP contribution in [-0.2, 0) is 13.0 Å². The molecular formula is C23H23N3. The van der Waals surface area contributed by atoms with E-state index in [0.717, 1.165) is 25.0 Å². The van der Waals surface area contributed by atoms with Crippen LogP contribution < -0.4 is 0 Å². The lowest BCUT2D eigenvalue weighted by molar-refractivity contribution is 0.311. The number of hydrogen-bond acceptors (Lipinski definition) is 2. The normalized spacial score (nSPS) is 14.9. The third kappa shape index (κ3) is 2.27. The van der Waals surface area contributed by atoms with Gasteiger partial charge >= 0.3 is 0 Å². The number of likely N-dealkylation sites (N-methyl/N-ethyl adjacent to an activating group) is 1. The Labute approximate surface area is 153 Å². The SMILES string of the molecule is Cc1cc(C)c2c(c1)c1c(n2-c2ccc3ncccc3c2)CCN(C)C1. The molecule has 0 atom stereocenters. The van der Waals surface area contributed by atoms with E-state index in [2.05, 4.69) is 71.7 Å². The Bertz CT molecular complexity index is 1150. The number of fused-ring (bicyclic) bond motifs is 4. The van der Waals surface area contributed by atoms with E-state index in [4.69, 9.17) is 0 Å². The van der Waals surface area contributed by atoms with Gasteiger partial charge in [-0.05, 0) is 62.4 Å². The average Bonchev–Trinajstić information content (AvgIpc) is 2.95. The second-order valence-electron chi connectivity index (χ2n) is 7.61. The molecule has 0 amide bonds. The van der Waals surface area contributed by atoms with Crippen molar-refractivity contribution < 1.29 is 0 Å². The van der Waals surface area contributed by atoms with Gasteiger partial charge in [-0.2, -0.15) is 0 Å². The maximum Gasteiger partial charge on any atom is 0.0703 e. The minimum Gasteiger partial charge on any atom is -0.313 e. The Morgan fingerprint density at radius 2 is 1.92 bits per heavy atom. The van der Waals surface area contributed by atoms with Crippen molar-refractivity contribution in [3.8, 4) is 5.69 Å². The molecule has 0 saturated carbocycles. The minimum absolute atomic E-state index is 1.02. The Hall–Kier alpha value is -2.65. The molecule has 2 aromatic carbocycles. The van der Waals surface area contributed by atoms with E-state index in [1.807, 2.05) is 12.3 Å². The molecule has 0 saturated heterocycles. The zero-order valence-electron chi connectivity index (χ0n) is 15.6. The lowest BCUT2D eigenvalue weighted by Crippen LogP contribution is -2.27. The van der Waals surface area contributed by atoms with E-state index >= 15 is 0 Å². The van der Waals surface area contributed by atoms with Crippen molar-refractivity contribution in [2.45, 2.75) is 26.8 Å². The van der Waals surface area contributed by atoms with Gasteiger partial charge in [-0.15, -0.1) is 0 Å². The van der Waals surface area contributed by atoms with Crippen LogP contribution in [0, 0.1) is 13.8 Å². The lowest BCUT2D eigenvalue weighted by atomic mass is 10.0. The summed E-state index contributed by atoms with van der Waals surface area (Å²) in [6.45, 7) is 6.57. The van der Waals surface area contributed by atoms with Crippen molar-refractivity contribution in [3.63, 3.8) is 0 Å². The molecular weight excluding hydrogens is 318 g/mol. The highest BCUT2D eigenvalue weighted by molar-refractivity contribution is 5.91. The molecule has 0 fully saturated rings. The first kappa shape index (κ1) is 15.6. The Morgan fingerprint density at radius 1 is 1.04 bits per heavy atom. The Balaban J connectivity index is 1.86. The Morgan fingerprint density at radius 3 is 2.81 bits per heavy atom. The molecule has 26 heavy (non-hydrogen) atoms. The molecule has 3 nitrogen and oxygen atoms in total. The molecule has 3 heteroatoms. The van der Waals surface area contributed by atoms with Crippen molar-refractivity contribution in [2.24, 2.45) is 0 Å². The maximum atomic E-state index is 4.48. The molecule has 2 aromatic heterocycles. The first-order chi connectivity index (χ1) is 12.6. The summed E-state index contributed by atoms with van der Waals surface area (Å²) in [7, 11) is 2.22. The van der Waals surface area contributed by atoms with E-state index in [1.54, 1.807) is 0 Å². The topological polar surface area (TPSA) is 21.1 Å². The molecule has 0 bridgehead atoms. The van der Waals surface area contributed by atoms with Gasteiger partial charge in [0.2, 0.25) is 0 Å². The summed E-state index contributed by atoms with van der Waals surface area (Å²) < 4.78 is 2.50. The first-order valence-corrected chi connectivity index (χ1v) is 9.29. The van der Waals surface area contributed by atoms with Crippen molar-refractivity contribution in [1.82, 2.24) is 14.5 Å². The second-order valence-corrected chi connectivity index (χ2v) is 7.61. The lowest BCUT2D eigenvalue weighted by Gasteiger charge is -2.24. The third-order valence-electron chi connectivity index (χ3n) is 5.61. The molecule has 0 spiro atoms.